The van der Waals surface area contributed by atoms with Crippen molar-refractivity contribution in [1.82, 2.24) is 9.88 Å². The second-order valence-corrected chi connectivity index (χ2v) is 5.94. The number of thiol groups is 1. The van der Waals surface area contributed by atoms with E-state index in [0.717, 1.165) is 61.8 Å². The first-order valence-electron chi connectivity index (χ1n) is 7.34. The molecule has 21 heavy (non-hydrogen) atoms. The highest BCUT2D eigenvalue weighted by molar-refractivity contribution is 7.80. The average Bonchev–Trinajstić information content (AvgIpc) is 2.89. The minimum Gasteiger partial charge on any atom is -0.439 e. The summed E-state index contributed by atoms with van der Waals surface area (Å²) in [7, 11) is 0. The Balaban J connectivity index is 1.76. The van der Waals surface area contributed by atoms with E-state index in [4.69, 9.17) is 14.9 Å². The maximum absolute atomic E-state index is 5.82. The first-order chi connectivity index (χ1) is 10.3. The number of rotatable bonds is 5. The van der Waals surface area contributed by atoms with Crippen LogP contribution in [0.3, 0.4) is 0 Å². The van der Waals surface area contributed by atoms with Crippen LogP contribution in [-0.2, 0) is 11.3 Å². The predicted molar refractivity (Wildman–Crippen MR) is 85.5 cm³/mol. The Morgan fingerprint density at radius 1 is 1.33 bits per heavy atom. The molecule has 1 saturated heterocycles. The van der Waals surface area contributed by atoms with Gasteiger partial charge >= 0.3 is 0 Å². The number of aromatic nitrogens is 1. The fraction of sp³-hybridized carbons (Fsp3) is 0.533. The minimum absolute atomic E-state index is 0.152. The number of oxazole rings is 1. The third-order valence-corrected chi connectivity index (χ3v) is 4.30. The highest BCUT2D eigenvalue weighted by atomic mass is 32.1. The molecule has 0 spiro atoms. The lowest BCUT2D eigenvalue weighted by molar-refractivity contribution is 0.0308. The quantitative estimate of drug-likeness (QED) is 0.827. The number of fused-ring (bicyclic) bond motifs is 1. The van der Waals surface area contributed by atoms with Crippen molar-refractivity contribution in [3.05, 3.63) is 29.7 Å². The molecule has 2 aromatic rings. The van der Waals surface area contributed by atoms with Gasteiger partial charge in [-0.1, -0.05) is 6.07 Å². The van der Waals surface area contributed by atoms with Gasteiger partial charge in [-0.3, -0.25) is 4.90 Å². The SMILES string of the molecule is NCCC(S)c1ccc2oc(CN3CCOCC3)nc2c1. The zero-order chi connectivity index (χ0) is 14.7. The van der Waals surface area contributed by atoms with E-state index in [2.05, 4.69) is 28.6 Å². The number of hydrogen-bond acceptors (Lipinski definition) is 6. The molecular weight excluding hydrogens is 286 g/mol. The van der Waals surface area contributed by atoms with Crippen LogP contribution in [-0.4, -0.2) is 42.7 Å². The Hall–Kier alpha value is -1.08. The van der Waals surface area contributed by atoms with Gasteiger partial charge < -0.3 is 14.9 Å². The highest BCUT2D eigenvalue weighted by Crippen LogP contribution is 2.27. The first-order valence-corrected chi connectivity index (χ1v) is 7.85. The zero-order valence-corrected chi connectivity index (χ0v) is 12.9. The number of morpholine rings is 1. The fourth-order valence-electron chi connectivity index (χ4n) is 2.54. The van der Waals surface area contributed by atoms with Crippen LogP contribution in [0, 0.1) is 0 Å². The van der Waals surface area contributed by atoms with Crippen molar-refractivity contribution in [2.24, 2.45) is 5.73 Å². The lowest BCUT2D eigenvalue weighted by Gasteiger charge is -2.24. The van der Waals surface area contributed by atoms with Crippen LogP contribution in [0.15, 0.2) is 22.6 Å². The third-order valence-electron chi connectivity index (χ3n) is 3.74. The molecule has 1 aliphatic rings. The van der Waals surface area contributed by atoms with E-state index < -0.39 is 0 Å². The molecule has 1 aromatic heterocycles. The summed E-state index contributed by atoms with van der Waals surface area (Å²) in [4.78, 5) is 6.89. The van der Waals surface area contributed by atoms with Gasteiger partial charge in [0.2, 0.25) is 5.89 Å². The molecule has 1 atom stereocenters. The largest absolute Gasteiger partial charge is 0.439 e. The van der Waals surface area contributed by atoms with E-state index >= 15 is 0 Å². The van der Waals surface area contributed by atoms with Gasteiger partial charge in [0.1, 0.15) is 5.52 Å². The number of hydrogen-bond donors (Lipinski definition) is 2. The van der Waals surface area contributed by atoms with E-state index in [1.807, 2.05) is 12.1 Å². The summed E-state index contributed by atoms with van der Waals surface area (Å²) in [6.07, 6.45) is 0.854. The standard InChI is InChI=1S/C15H21N3O2S/c16-4-3-14(21)11-1-2-13-12(9-11)17-15(20-13)10-18-5-7-19-8-6-18/h1-2,9,14,21H,3-8,10,16H2. The molecule has 1 aromatic carbocycles. The van der Waals surface area contributed by atoms with Gasteiger partial charge in [-0.05, 0) is 30.7 Å². The Morgan fingerprint density at radius 3 is 2.90 bits per heavy atom. The molecular formula is C15H21N3O2S. The Kier molecular flexibility index (Phi) is 4.80. The normalized spacial score (nSPS) is 18.2. The van der Waals surface area contributed by atoms with E-state index in [-0.39, 0.29) is 5.25 Å². The monoisotopic (exact) mass is 307 g/mol. The van der Waals surface area contributed by atoms with Gasteiger partial charge in [0.15, 0.2) is 5.58 Å². The van der Waals surface area contributed by atoms with E-state index in [1.54, 1.807) is 0 Å². The lowest BCUT2D eigenvalue weighted by Crippen LogP contribution is -2.35. The molecule has 6 heteroatoms. The zero-order valence-electron chi connectivity index (χ0n) is 12.0. The summed E-state index contributed by atoms with van der Waals surface area (Å²) in [6.45, 7) is 4.79. The molecule has 0 saturated carbocycles. The molecule has 2 N–H and O–H groups in total. The summed E-state index contributed by atoms with van der Waals surface area (Å²) < 4.78 is 11.2. The molecule has 3 rings (SSSR count). The molecule has 0 radical (unpaired) electrons. The van der Waals surface area contributed by atoms with Crippen molar-refractivity contribution in [2.75, 3.05) is 32.8 Å². The van der Waals surface area contributed by atoms with Crippen molar-refractivity contribution in [1.29, 1.82) is 0 Å². The van der Waals surface area contributed by atoms with Crippen molar-refractivity contribution in [3.8, 4) is 0 Å². The Bertz CT molecular complexity index is 596. The van der Waals surface area contributed by atoms with Gasteiger partial charge in [-0.2, -0.15) is 12.6 Å². The molecule has 1 unspecified atom stereocenters. The lowest BCUT2D eigenvalue weighted by atomic mass is 10.1. The van der Waals surface area contributed by atoms with E-state index in [0.29, 0.717) is 6.54 Å². The van der Waals surface area contributed by atoms with Crippen LogP contribution in [0.25, 0.3) is 11.1 Å². The molecule has 114 valence electrons. The smallest absolute Gasteiger partial charge is 0.209 e. The van der Waals surface area contributed by atoms with Crippen molar-refractivity contribution in [3.63, 3.8) is 0 Å². The molecule has 1 fully saturated rings. The van der Waals surface area contributed by atoms with E-state index in [9.17, 15) is 0 Å². The summed E-state index contributed by atoms with van der Waals surface area (Å²) in [5.74, 6) is 0.763. The molecule has 0 aliphatic carbocycles. The summed E-state index contributed by atoms with van der Waals surface area (Å²) in [5.41, 5.74) is 8.45. The second-order valence-electron chi connectivity index (χ2n) is 5.32. The van der Waals surface area contributed by atoms with Crippen molar-refractivity contribution < 1.29 is 9.15 Å². The van der Waals surface area contributed by atoms with Crippen LogP contribution < -0.4 is 5.73 Å². The Morgan fingerprint density at radius 2 is 2.14 bits per heavy atom. The van der Waals surface area contributed by atoms with Gasteiger partial charge in [-0.15, -0.1) is 0 Å². The van der Waals surface area contributed by atoms with Crippen LogP contribution in [0.1, 0.15) is 23.1 Å². The number of ether oxygens (including phenoxy) is 1. The van der Waals surface area contributed by atoms with Crippen LogP contribution in [0.2, 0.25) is 0 Å². The average molecular weight is 307 g/mol. The number of benzene rings is 1. The van der Waals surface area contributed by atoms with Gasteiger partial charge in [0.05, 0.1) is 19.8 Å². The van der Waals surface area contributed by atoms with Crippen molar-refractivity contribution >= 4 is 23.7 Å². The number of nitrogens with two attached hydrogens (primary N) is 1. The maximum Gasteiger partial charge on any atom is 0.209 e. The summed E-state index contributed by atoms with van der Waals surface area (Å²) in [5, 5.41) is 0.152. The van der Waals surface area contributed by atoms with Gasteiger partial charge in [0.25, 0.3) is 0 Å². The van der Waals surface area contributed by atoms with Crippen LogP contribution in [0.5, 0.6) is 0 Å². The van der Waals surface area contributed by atoms with Crippen LogP contribution >= 0.6 is 12.6 Å². The summed E-state index contributed by atoms with van der Waals surface area (Å²) >= 11 is 4.58. The van der Waals surface area contributed by atoms with E-state index in [1.165, 1.54) is 0 Å². The fourth-order valence-corrected chi connectivity index (χ4v) is 2.85. The topological polar surface area (TPSA) is 64.5 Å². The summed E-state index contributed by atoms with van der Waals surface area (Å²) in [6, 6.07) is 6.06. The molecule has 0 bridgehead atoms. The Labute approximate surface area is 129 Å². The predicted octanol–water partition coefficient (Wildman–Crippen LogP) is 1.98. The van der Waals surface area contributed by atoms with Crippen LogP contribution in [0.4, 0.5) is 0 Å². The number of nitrogens with zero attached hydrogens (tertiary/aromatic N) is 2. The van der Waals surface area contributed by atoms with Crippen molar-refractivity contribution in [2.45, 2.75) is 18.2 Å². The minimum atomic E-state index is 0.152. The molecule has 0 amide bonds. The first kappa shape index (κ1) is 14.8. The maximum atomic E-state index is 5.82. The third kappa shape index (κ3) is 3.58. The molecule has 5 nitrogen and oxygen atoms in total. The molecule has 1 aliphatic heterocycles. The molecule has 2 heterocycles. The second kappa shape index (κ2) is 6.79. The van der Waals surface area contributed by atoms with Gasteiger partial charge in [0, 0.05) is 18.3 Å². The van der Waals surface area contributed by atoms with Gasteiger partial charge in [-0.25, -0.2) is 4.98 Å². The highest BCUT2D eigenvalue weighted by Gasteiger charge is 2.15.